The van der Waals surface area contributed by atoms with Gasteiger partial charge in [0.15, 0.2) is 5.11 Å². The lowest BCUT2D eigenvalue weighted by atomic mass is 10.1. The summed E-state index contributed by atoms with van der Waals surface area (Å²) in [4.78, 5) is 38.2. The Hall–Kier alpha value is -3.40. The standard InChI is InChI=1S/C20H22N4O5S/c1-2-28-15-7-5-13(6-8-15)18(26)21-20(30)23-22-19(27)14-10-17(25)24(11-14)12-16-4-3-9-29-16/h3-9,14H,2,10-12H2,1H3,(H,22,27)(H2,21,23,26,30). The van der Waals surface area contributed by atoms with Crippen LogP contribution in [-0.2, 0) is 16.1 Å². The summed E-state index contributed by atoms with van der Waals surface area (Å²) in [7, 11) is 0. The van der Waals surface area contributed by atoms with Crippen LogP contribution < -0.4 is 20.9 Å². The smallest absolute Gasteiger partial charge is 0.257 e. The molecular formula is C20H22N4O5S. The molecule has 1 fully saturated rings. The molecule has 2 aromatic rings. The Kier molecular flexibility index (Phi) is 7.02. The zero-order valence-electron chi connectivity index (χ0n) is 16.3. The van der Waals surface area contributed by atoms with Crippen LogP contribution in [0.2, 0.25) is 0 Å². The summed E-state index contributed by atoms with van der Waals surface area (Å²) in [5, 5.41) is 2.42. The van der Waals surface area contributed by atoms with E-state index < -0.39 is 11.8 Å². The molecular weight excluding hydrogens is 408 g/mol. The highest BCUT2D eigenvalue weighted by atomic mass is 32.1. The van der Waals surface area contributed by atoms with Gasteiger partial charge in [-0.2, -0.15) is 0 Å². The lowest BCUT2D eigenvalue weighted by Crippen LogP contribution is -2.50. The van der Waals surface area contributed by atoms with Crippen LogP contribution in [-0.4, -0.2) is 40.9 Å². The van der Waals surface area contributed by atoms with Crippen molar-refractivity contribution in [3.8, 4) is 5.75 Å². The van der Waals surface area contributed by atoms with Crippen molar-refractivity contribution in [1.82, 2.24) is 21.1 Å². The van der Waals surface area contributed by atoms with Crippen LogP contribution >= 0.6 is 12.2 Å². The van der Waals surface area contributed by atoms with Gasteiger partial charge in [-0.25, -0.2) is 0 Å². The number of nitrogens with zero attached hydrogens (tertiary/aromatic N) is 1. The average Bonchev–Trinajstić information content (AvgIpc) is 3.37. The number of amides is 3. The Bertz CT molecular complexity index is 914. The van der Waals surface area contributed by atoms with Crippen molar-refractivity contribution >= 4 is 35.1 Å². The number of furan rings is 1. The summed E-state index contributed by atoms with van der Waals surface area (Å²) in [5.41, 5.74) is 5.33. The van der Waals surface area contributed by atoms with Crippen molar-refractivity contribution in [3.63, 3.8) is 0 Å². The molecule has 0 saturated carbocycles. The molecule has 3 rings (SSSR count). The molecule has 9 nitrogen and oxygen atoms in total. The molecule has 0 bridgehead atoms. The third-order valence-electron chi connectivity index (χ3n) is 4.47. The highest BCUT2D eigenvalue weighted by molar-refractivity contribution is 7.80. The number of hydrazine groups is 1. The monoisotopic (exact) mass is 430 g/mol. The van der Waals surface area contributed by atoms with Crippen LogP contribution in [0.4, 0.5) is 0 Å². The zero-order valence-corrected chi connectivity index (χ0v) is 17.2. The fourth-order valence-corrected chi connectivity index (χ4v) is 3.13. The Morgan fingerprint density at radius 2 is 2.00 bits per heavy atom. The van der Waals surface area contributed by atoms with Crippen molar-refractivity contribution in [1.29, 1.82) is 0 Å². The second-order valence-electron chi connectivity index (χ2n) is 6.61. The molecule has 0 radical (unpaired) electrons. The molecule has 10 heteroatoms. The minimum Gasteiger partial charge on any atom is -0.494 e. The number of nitrogens with one attached hydrogen (secondary N) is 3. The number of hydrogen-bond donors (Lipinski definition) is 3. The van der Waals surface area contributed by atoms with Crippen molar-refractivity contribution in [2.24, 2.45) is 5.92 Å². The highest BCUT2D eigenvalue weighted by Gasteiger charge is 2.34. The van der Waals surface area contributed by atoms with Gasteiger partial charge in [0.2, 0.25) is 11.8 Å². The number of benzene rings is 1. The van der Waals surface area contributed by atoms with Gasteiger partial charge in [0.1, 0.15) is 11.5 Å². The lowest BCUT2D eigenvalue weighted by molar-refractivity contribution is -0.129. The molecule has 1 saturated heterocycles. The first-order valence-corrected chi connectivity index (χ1v) is 9.81. The summed E-state index contributed by atoms with van der Waals surface area (Å²) in [6.07, 6.45) is 1.63. The van der Waals surface area contributed by atoms with Gasteiger partial charge in [0, 0.05) is 18.5 Å². The average molecular weight is 430 g/mol. The fraction of sp³-hybridized carbons (Fsp3) is 0.300. The summed E-state index contributed by atoms with van der Waals surface area (Å²) in [6.45, 7) is 3.00. The normalized spacial score (nSPS) is 15.6. The predicted molar refractivity (Wildman–Crippen MR) is 111 cm³/mol. The molecule has 2 heterocycles. The molecule has 1 aliphatic heterocycles. The molecule has 1 atom stereocenters. The van der Waals surface area contributed by atoms with E-state index in [9.17, 15) is 14.4 Å². The zero-order chi connectivity index (χ0) is 21.5. The van der Waals surface area contributed by atoms with Crippen LogP contribution in [0.5, 0.6) is 5.75 Å². The van der Waals surface area contributed by atoms with E-state index in [-0.39, 0.29) is 29.9 Å². The van der Waals surface area contributed by atoms with E-state index in [2.05, 4.69) is 16.2 Å². The second-order valence-corrected chi connectivity index (χ2v) is 7.02. The van der Waals surface area contributed by atoms with E-state index in [1.807, 2.05) is 6.92 Å². The van der Waals surface area contributed by atoms with Crippen molar-refractivity contribution in [2.75, 3.05) is 13.2 Å². The molecule has 1 aliphatic rings. The second kappa shape index (κ2) is 9.88. The third kappa shape index (κ3) is 5.57. The lowest BCUT2D eigenvalue weighted by Gasteiger charge is -2.16. The molecule has 1 aromatic heterocycles. The van der Waals surface area contributed by atoms with Crippen LogP contribution in [0.3, 0.4) is 0 Å². The fourth-order valence-electron chi connectivity index (χ4n) is 2.99. The Morgan fingerprint density at radius 3 is 2.67 bits per heavy atom. The molecule has 158 valence electrons. The number of ether oxygens (including phenoxy) is 1. The van der Waals surface area contributed by atoms with E-state index in [0.717, 1.165) is 0 Å². The minimum absolute atomic E-state index is 0.0565. The minimum atomic E-state index is -0.524. The van der Waals surface area contributed by atoms with Gasteiger partial charge in [-0.3, -0.25) is 30.6 Å². The van der Waals surface area contributed by atoms with E-state index in [0.29, 0.717) is 30.2 Å². The SMILES string of the molecule is CCOc1ccc(C(=O)NC(=S)NNC(=O)C2CC(=O)N(Cc3ccco3)C2)cc1. The van der Waals surface area contributed by atoms with Gasteiger partial charge >= 0.3 is 0 Å². The Morgan fingerprint density at radius 1 is 1.23 bits per heavy atom. The van der Waals surface area contributed by atoms with Gasteiger partial charge < -0.3 is 14.1 Å². The molecule has 1 aromatic carbocycles. The number of thiocarbonyl (C=S) groups is 1. The molecule has 0 spiro atoms. The van der Waals surface area contributed by atoms with Crippen LogP contribution in [0.1, 0.15) is 29.5 Å². The van der Waals surface area contributed by atoms with E-state index in [1.54, 1.807) is 41.3 Å². The Balaban J connectivity index is 1.43. The van der Waals surface area contributed by atoms with Gasteiger partial charge in [-0.15, -0.1) is 0 Å². The largest absolute Gasteiger partial charge is 0.494 e. The number of carbonyl (C=O) groups excluding carboxylic acids is 3. The maximum atomic E-state index is 12.3. The molecule has 1 unspecified atom stereocenters. The van der Waals surface area contributed by atoms with Gasteiger partial charge in [-0.05, 0) is 55.5 Å². The number of hydrogen-bond acceptors (Lipinski definition) is 6. The van der Waals surface area contributed by atoms with E-state index in [4.69, 9.17) is 21.4 Å². The third-order valence-corrected chi connectivity index (χ3v) is 4.67. The van der Waals surface area contributed by atoms with Crippen molar-refractivity contribution in [2.45, 2.75) is 19.9 Å². The van der Waals surface area contributed by atoms with Crippen molar-refractivity contribution < 1.29 is 23.5 Å². The van der Waals surface area contributed by atoms with Gasteiger partial charge in [0.05, 0.1) is 25.3 Å². The van der Waals surface area contributed by atoms with E-state index >= 15 is 0 Å². The van der Waals surface area contributed by atoms with Crippen molar-refractivity contribution in [3.05, 3.63) is 54.0 Å². The predicted octanol–water partition coefficient (Wildman–Crippen LogP) is 1.36. The van der Waals surface area contributed by atoms with E-state index in [1.165, 1.54) is 6.26 Å². The topological polar surface area (TPSA) is 113 Å². The number of carbonyl (C=O) groups is 3. The maximum absolute atomic E-state index is 12.3. The molecule has 3 amide bonds. The first kappa shape index (κ1) is 21.3. The number of rotatable bonds is 6. The Labute approximate surface area is 178 Å². The van der Waals surface area contributed by atoms with Gasteiger partial charge in [-0.1, -0.05) is 0 Å². The van der Waals surface area contributed by atoms with Crippen LogP contribution in [0.15, 0.2) is 47.1 Å². The van der Waals surface area contributed by atoms with Gasteiger partial charge in [0.25, 0.3) is 5.91 Å². The van der Waals surface area contributed by atoms with Crippen LogP contribution in [0, 0.1) is 5.92 Å². The summed E-state index contributed by atoms with van der Waals surface area (Å²) >= 11 is 5.04. The quantitative estimate of drug-likeness (QED) is 0.469. The highest BCUT2D eigenvalue weighted by Crippen LogP contribution is 2.20. The summed E-state index contributed by atoms with van der Waals surface area (Å²) in [6, 6.07) is 10.1. The first-order valence-electron chi connectivity index (χ1n) is 9.40. The van der Waals surface area contributed by atoms with Crippen LogP contribution in [0.25, 0.3) is 0 Å². The summed E-state index contributed by atoms with van der Waals surface area (Å²) < 4.78 is 10.6. The molecule has 3 N–H and O–H groups in total. The maximum Gasteiger partial charge on any atom is 0.257 e. The summed E-state index contributed by atoms with van der Waals surface area (Å²) in [5.74, 6) is -0.147. The molecule has 0 aliphatic carbocycles. The number of likely N-dealkylation sites (tertiary alicyclic amines) is 1. The first-order chi connectivity index (χ1) is 14.5. The molecule has 30 heavy (non-hydrogen) atoms.